The highest BCUT2D eigenvalue weighted by atomic mass is 32.2. The molecule has 5 rings (SSSR count). The number of piperidine rings is 1. The Balaban J connectivity index is 1.35. The van der Waals surface area contributed by atoms with Gasteiger partial charge in [-0.3, -0.25) is 9.91 Å². The van der Waals surface area contributed by atoms with Crippen molar-refractivity contribution in [2.45, 2.75) is 108 Å². The van der Waals surface area contributed by atoms with Gasteiger partial charge in [-0.05, 0) is 60.1 Å². The molecule has 0 aromatic heterocycles. The zero-order chi connectivity index (χ0) is 31.4. The number of hydrazone groups is 1. The predicted octanol–water partition coefficient (Wildman–Crippen LogP) is 4.46. The Morgan fingerprint density at radius 1 is 1.28 bits per heavy atom. The number of alkyl halides is 2. The van der Waals surface area contributed by atoms with Gasteiger partial charge in [0.25, 0.3) is 5.92 Å². The first-order valence-electron chi connectivity index (χ1n) is 15.0. The van der Waals surface area contributed by atoms with Crippen LogP contribution in [0.3, 0.4) is 0 Å². The van der Waals surface area contributed by atoms with Gasteiger partial charge in [0, 0.05) is 37.5 Å². The largest absolute Gasteiger partial charge is 0.444 e. The highest BCUT2D eigenvalue weighted by molar-refractivity contribution is 8.13. The van der Waals surface area contributed by atoms with Crippen LogP contribution in [0.5, 0.6) is 0 Å². The maximum absolute atomic E-state index is 15.1. The third kappa shape index (κ3) is 6.80. The summed E-state index contributed by atoms with van der Waals surface area (Å²) in [6.45, 7) is 13.2. The van der Waals surface area contributed by atoms with Crippen LogP contribution in [0.15, 0.2) is 34.5 Å². The number of likely N-dealkylation sites (tertiary alicyclic amines) is 2. The van der Waals surface area contributed by atoms with Gasteiger partial charge in [0.1, 0.15) is 23.1 Å². The van der Waals surface area contributed by atoms with Crippen LogP contribution in [0.1, 0.15) is 60.3 Å². The maximum atomic E-state index is 15.1. The summed E-state index contributed by atoms with van der Waals surface area (Å²) >= 11 is 1.53. The third-order valence-electron chi connectivity index (χ3n) is 8.84. The van der Waals surface area contributed by atoms with Gasteiger partial charge in [0.05, 0.1) is 30.5 Å². The minimum atomic E-state index is -2.86. The summed E-state index contributed by atoms with van der Waals surface area (Å²) in [7, 11) is 0. The minimum Gasteiger partial charge on any atom is -0.444 e. The van der Waals surface area contributed by atoms with Gasteiger partial charge in [-0.1, -0.05) is 12.2 Å². The third-order valence-corrected chi connectivity index (χ3v) is 9.55. The molecule has 43 heavy (non-hydrogen) atoms. The van der Waals surface area contributed by atoms with Crippen LogP contribution in [0, 0.1) is 5.92 Å². The molecule has 1 N–H and O–H groups in total. The fraction of sp³-hybridized carbons (Fsp3) is 0.767. The lowest BCUT2D eigenvalue weighted by atomic mass is 9.83. The van der Waals surface area contributed by atoms with Crippen molar-refractivity contribution in [1.82, 2.24) is 14.8 Å². The number of amides is 1. The van der Waals surface area contributed by atoms with Crippen LogP contribution in [0.25, 0.3) is 0 Å². The number of ether oxygens (including phenoxy) is 3. The van der Waals surface area contributed by atoms with Crippen molar-refractivity contribution in [3.63, 3.8) is 0 Å². The molecule has 0 aliphatic carbocycles. The Bertz CT molecular complexity index is 1170. The van der Waals surface area contributed by atoms with Gasteiger partial charge in [-0.25, -0.2) is 18.6 Å². The van der Waals surface area contributed by atoms with Gasteiger partial charge >= 0.3 is 6.09 Å². The van der Waals surface area contributed by atoms with Crippen molar-refractivity contribution in [2.24, 2.45) is 16.0 Å². The van der Waals surface area contributed by atoms with Gasteiger partial charge in [0.2, 0.25) is 0 Å². The molecule has 5 aliphatic heterocycles. The Kier molecular flexibility index (Phi) is 8.80. The highest BCUT2D eigenvalue weighted by Crippen LogP contribution is 2.48. The Hall–Kier alpha value is -2.06. The second-order valence-corrected chi connectivity index (χ2v) is 14.5. The fourth-order valence-corrected chi connectivity index (χ4v) is 7.64. The van der Waals surface area contributed by atoms with Crippen LogP contribution < -0.4 is 0 Å². The maximum Gasteiger partial charge on any atom is 0.410 e. The van der Waals surface area contributed by atoms with E-state index in [2.05, 4.69) is 22.7 Å². The standard InChI is InChI=1S/C30H45F2N5O5S/c1-8-19-22(15-36-17-30(31,32)16-29(36)11-13-35(14-12-29)26(38)42-27(2,3)4)40-24(23(19)41-28(5,6)39)20-9-10-21-25(43-7)33-18-34-37(20)21/h8,10,18-20,22-24,39H,1,9,11-17H2,2-7H3/t19?,20?,22-,23-,24+/m1/s1. The molecule has 10 nitrogen and oxygen atoms in total. The molecule has 0 bridgehead atoms. The minimum absolute atomic E-state index is 0.227. The average Bonchev–Trinajstić information content (AvgIpc) is 3.53. The van der Waals surface area contributed by atoms with E-state index in [1.165, 1.54) is 18.1 Å². The smallest absolute Gasteiger partial charge is 0.410 e. The zero-order valence-electron chi connectivity index (χ0n) is 26.0. The molecular weight excluding hydrogens is 580 g/mol. The lowest BCUT2D eigenvalue weighted by Crippen LogP contribution is -2.55. The molecule has 0 radical (unpaired) electrons. The first kappa shape index (κ1) is 32.3. The molecular formula is C30H45F2N5O5S. The van der Waals surface area contributed by atoms with Gasteiger partial charge < -0.3 is 24.2 Å². The van der Waals surface area contributed by atoms with Crippen molar-refractivity contribution in [3.8, 4) is 0 Å². The summed E-state index contributed by atoms with van der Waals surface area (Å²) in [6.07, 6.45) is 6.47. The molecule has 5 aliphatic rings. The first-order chi connectivity index (χ1) is 20.0. The van der Waals surface area contributed by atoms with E-state index in [4.69, 9.17) is 14.2 Å². The molecule has 3 fully saturated rings. The number of hydrogen-bond donors (Lipinski definition) is 1. The van der Waals surface area contributed by atoms with Crippen LogP contribution >= 0.6 is 11.8 Å². The summed E-state index contributed by atoms with van der Waals surface area (Å²) in [5, 5.41) is 18.0. The van der Waals surface area contributed by atoms with Crippen molar-refractivity contribution >= 4 is 29.2 Å². The monoisotopic (exact) mass is 625 g/mol. The molecule has 0 aromatic rings. The first-order valence-corrected chi connectivity index (χ1v) is 16.2. The Morgan fingerprint density at radius 3 is 2.58 bits per heavy atom. The summed E-state index contributed by atoms with van der Waals surface area (Å²) in [4.78, 5) is 20.5. The molecule has 1 spiro atoms. The number of fused-ring (bicyclic) bond motifs is 1. The molecule has 0 saturated carbocycles. The molecule has 5 atom stereocenters. The van der Waals surface area contributed by atoms with E-state index in [-0.39, 0.29) is 31.5 Å². The SMILES string of the molecule is C=CC1[C@@H](OC(C)(C)O)[C@H](C2CC=C3C(SC)=NC=NN32)O[C@@H]1CN1CC(F)(F)CC12CCN(C(=O)OC(C)(C)C)CC2. The van der Waals surface area contributed by atoms with Crippen molar-refractivity contribution in [3.05, 3.63) is 24.4 Å². The number of hydrogen-bond acceptors (Lipinski definition) is 10. The Labute approximate surface area is 257 Å². The van der Waals surface area contributed by atoms with E-state index in [1.54, 1.807) is 24.8 Å². The predicted molar refractivity (Wildman–Crippen MR) is 162 cm³/mol. The van der Waals surface area contributed by atoms with E-state index in [9.17, 15) is 9.90 Å². The van der Waals surface area contributed by atoms with Crippen LogP contribution in [-0.4, -0.2) is 117 Å². The zero-order valence-corrected chi connectivity index (χ0v) is 26.8. The lowest BCUT2D eigenvalue weighted by Gasteiger charge is -2.45. The summed E-state index contributed by atoms with van der Waals surface area (Å²) in [5.74, 6) is -4.68. The van der Waals surface area contributed by atoms with Crippen LogP contribution in [0.2, 0.25) is 0 Å². The highest BCUT2D eigenvalue weighted by Gasteiger charge is 2.58. The van der Waals surface area contributed by atoms with Crippen LogP contribution in [-0.2, 0) is 14.2 Å². The lowest BCUT2D eigenvalue weighted by molar-refractivity contribution is -0.222. The quantitative estimate of drug-likeness (QED) is 0.342. The topological polar surface area (TPSA) is 99.4 Å². The molecule has 1 amide bonds. The molecule has 3 saturated heterocycles. The van der Waals surface area contributed by atoms with Crippen molar-refractivity contribution < 1.29 is 32.9 Å². The van der Waals surface area contributed by atoms with E-state index in [0.717, 1.165) is 10.7 Å². The van der Waals surface area contributed by atoms with Crippen molar-refractivity contribution in [1.29, 1.82) is 0 Å². The van der Waals surface area contributed by atoms with Gasteiger partial charge in [-0.2, -0.15) is 5.10 Å². The van der Waals surface area contributed by atoms with E-state index in [0.29, 0.717) is 32.4 Å². The number of halogens is 2. The number of nitrogens with zero attached hydrogens (tertiary/aromatic N) is 5. The van der Waals surface area contributed by atoms with Gasteiger partial charge in [-0.15, -0.1) is 18.3 Å². The number of thioether (sulfide) groups is 1. The average molecular weight is 626 g/mol. The summed E-state index contributed by atoms with van der Waals surface area (Å²) in [6, 6.07) is -0.227. The second-order valence-electron chi connectivity index (χ2n) is 13.7. The molecule has 13 heteroatoms. The van der Waals surface area contributed by atoms with Crippen molar-refractivity contribution in [2.75, 3.05) is 32.4 Å². The number of aliphatic hydroxyl groups is 1. The second kappa shape index (κ2) is 11.7. The number of carbonyl (C=O) groups excluding carboxylic acids is 1. The van der Waals surface area contributed by atoms with Gasteiger partial charge in [0.15, 0.2) is 5.79 Å². The molecule has 5 heterocycles. The van der Waals surface area contributed by atoms with E-state index < -0.39 is 47.3 Å². The molecule has 0 aromatic carbocycles. The molecule has 240 valence electrons. The van der Waals surface area contributed by atoms with E-state index >= 15 is 8.78 Å². The Morgan fingerprint density at radius 2 is 1.98 bits per heavy atom. The normalized spacial score (nSPS) is 32.2. The van der Waals surface area contributed by atoms with Crippen LogP contribution in [0.4, 0.5) is 13.6 Å². The number of rotatable bonds is 6. The molecule has 2 unspecified atom stereocenters. The van der Waals surface area contributed by atoms with E-state index in [1.807, 2.05) is 36.9 Å². The fourth-order valence-electron chi connectivity index (χ4n) is 7.10. The number of carbonyl (C=O) groups is 1. The number of aliphatic imine (C=N–C) groups is 1. The summed E-state index contributed by atoms with van der Waals surface area (Å²) in [5.41, 5.74) is -0.501. The summed E-state index contributed by atoms with van der Waals surface area (Å²) < 4.78 is 48.7.